The average Bonchev–Trinajstić information content (AvgIpc) is 2.25. The van der Waals surface area contributed by atoms with Gasteiger partial charge in [-0.15, -0.1) is 0 Å². The fraction of sp³-hybridized carbons (Fsp3) is 0.909. The third-order valence-corrected chi connectivity index (χ3v) is 3.72. The number of carbonyl (C=O) groups is 1. The van der Waals surface area contributed by atoms with Crippen molar-refractivity contribution in [2.75, 3.05) is 25.1 Å². The highest BCUT2D eigenvalue weighted by molar-refractivity contribution is 7.98. The number of thioether (sulfide) groups is 1. The van der Waals surface area contributed by atoms with Gasteiger partial charge in [0.25, 0.3) is 0 Å². The van der Waals surface area contributed by atoms with E-state index in [0.717, 1.165) is 44.5 Å². The van der Waals surface area contributed by atoms with Crippen molar-refractivity contribution in [1.29, 1.82) is 0 Å². The van der Waals surface area contributed by atoms with Crippen LogP contribution in [0.5, 0.6) is 0 Å². The van der Waals surface area contributed by atoms with Crippen LogP contribution in [0.4, 0.5) is 0 Å². The summed E-state index contributed by atoms with van der Waals surface area (Å²) in [6.45, 7) is 2.13. The third kappa shape index (κ3) is 4.89. The van der Waals surface area contributed by atoms with Crippen LogP contribution in [0, 0.1) is 11.8 Å². The summed E-state index contributed by atoms with van der Waals surface area (Å²) >= 11 is 1.85. The molecule has 0 saturated heterocycles. The zero-order valence-electron chi connectivity index (χ0n) is 9.37. The van der Waals surface area contributed by atoms with Gasteiger partial charge in [-0.25, -0.2) is 0 Å². The van der Waals surface area contributed by atoms with Crippen LogP contribution in [0.15, 0.2) is 0 Å². The Morgan fingerprint density at radius 2 is 2.07 bits per heavy atom. The molecule has 1 aliphatic carbocycles. The highest BCUT2D eigenvalue weighted by atomic mass is 32.2. The van der Waals surface area contributed by atoms with Crippen LogP contribution in [-0.2, 0) is 4.79 Å². The van der Waals surface area contributed by atoms with Gasteiger partial charge in [-0.2, -0.15) is 11.8 Å². The zero-order chi connectivity index (χ0) is 11.1. The van der Waals surface area contributed by atoms with Crippen LogP contribution in [0.2, 0.25) is 0 Å². The highest BCUT2D eigenvalue weighted by Gasteiger charge is 2.25. The molecule has 0 aliphatic heterocycles. The fourth-order valence-electron chi connectivity index (χ4n) is 2.09. The summed E-state index contributed by atoms with van der Waals surface area (Å²) in [5.74, 6) is 1.17. The number of nitrogens with one attached hydrogen (secondary N) is 1. The molecule has 0 unspecified atom stereocenters. The first-order chi connectivity index (χ1) is 7.24. The predicted octanol–water partition coefficient (Wildman–Crippen LogP) is 1.83. The Bertz CT molecular complexity index is 191. The first-order valence-electron chi connectivity index (χ1n) is 5.66. The van der Waals surface area contributed by atoms with Crippen LogP contribution in [0.25, 0.3) is 0 Å². The Morgan fingerprint density at radius 3 is 2.60 bits per heavy atom. The molecule has 0 bridgehead atoms. The summed E-state index contributed by atoms with van der Waals surface area (Å²) in [5, 5.41) is 12.3. The molecule has 1 fully saturated rings. The number of hydrogen-bond donors (Lipinski definition) is 2. The van der Waals surface area contributed by atoms with Crippen molar-refractivity contribution in [3.63, 3.8) is 0 Å². The molecular formula is C11H21NO2S. The number of hydrogen-bond acceptors (Lipinski definition) is 3. The van der Waals surface area contributed by atoms with E-state index in [1.54, 1.807) is 0 Å². The van der Waals surface area contributed by atoms with Crippen LogP contribution in [0.3, 0.4) is 0 Å². The standard InChI is InChI=1S/C11H21NO2S/c1-15-7-6-12-8-9-2-4-10(5-3-9)11(13)14/h9-10,12H,2-8H2,1H3,(H,13,14). The summed E-state index contributed by atoms with van der Waals surface area (Å²) in [7, 11) is 0. The highest BCUT2D eigenvalue weighted by Crippen LogP contribution is 2.28. The van der Waals surface area contributed by atoms with Crippen molar-refractivity contribution in [3.05, 3.63) is 0 Å². The monoisotopic (exact) mass is 231 g/mol. The normalized spacial score (nSPS) is 26.5. The lowest BCUT2D eigenvalue weighted by molar-refractivity contribution is -0.143. The van der Waals surface area contributed by atoms with Gasteiger partial charge >= 0.3 is 5.97 Å². The van der Waals surface area contributed by atoms with Gasteiger partial charge in [0.2, 0.25) is 0 Å². The molecular weight excluding hydrogens is 210 g/mol. The molecule has 0 amide bonds. The van der Waals surface area contributed by atoms with E-state index in [9.17, 15) is 4.79 Å². The average molecular weight is 231 g/mol. The SMILES string of the molecule is CSCCNCC1CCC(C(=O)O)CC1. The van der Waals surface area contributed by atoms with Crippen LogP contribution < -0.4 is 5.32 Å². The summed E-state index contributed by atoms with van der Waals surface area (Å²) in [4.78, 5) is 10.7. The lowest BCUT2D eigenvalue weighted by Gasteiger charge is -2.26. The second kappa shape index (κ2) is 7.12. The minimum atomic E-state index is -0.608. The second-order valence-corrected chi connectivity index (χ2v) is 5.24. The third-order valence-electron chi connectivity index (χ3n) is 3.11. The molecule has 0 heterocycles. The quantitative estimate of drug-likeness (QED) is 0.685. The summed E-state index contributed by atoms with van der Waals surface area (Å²) in [6.07, 6.45) is 5.99. The van der Waals surface area contributed by atoms with Gasteiger partial charge in [-0.3, -0.25) is 4.79 Å². The lowest BCUT2D eigenvalue weighted by atomic mass is 9.82. The minimum Gasteiger partial charge on any atom is -0.481 e. The molecule has 0 spiro atoms. The number of carboxylic acid groups (broad SMARTS) is 1. The van der Waals surface area contributed by atoms with Gasteiger partial charge in [0.1, 0.15) is 0 Å². The number of carboxylic acids is 1. The molecule has 4 heteroatoms. The summed E-state index contributed by atoms with van der Waals surface area (Å²) < 4.78 is 0. The van der Waals surface area contributed by atoms with Gasteiger partial charge in [-0.1, -0.05) is 0 Å². The molecule has 1 rings (SSSR count). The molecule has 15 heavy (non-hydrogen) atoms. The van der Waals surface area contributed by atoms with E-state index >= 15 is 0 Å². The van der Waals surface area contributed by atoms with Crippen molar-refractivity contribution in [2.45, 2.75) is 25.7 Å². The fourth-order valence-corrected chi connectivity index (χ4v) is 2.44. The van der Waals surface area contributed by atoms with Crippen molar-refractivity contribution in [3.8, 4) is 0 Å². The lowest BCUT2D eigenvalue weighted by Crippen LogP contribution is -2.29. The first kappa shape index (κ1) is 12.8. The molecule has 3 nitrogen and oxygen atoms in total. The molecule has 0 radical (unpaired) electrons. The molecule has 0 aromatic heterocycles. The van der Waals surface area contributed by atoms with E-state index in [1.165, 1.54) is 0 Å². The maximum Gasteiger partial charge on any atom is 0.306 e. The number of aliphatic carboxylic acids is 1. The van der Waals surface area contributed by atoms with Crippen LogP contribution in [0.1, 0.15) is 25.7 Å². The van der Waals surface area contributed by atoms with Gasteiger partial charge in [0.05, 0.1) is 5.92 Å². The molecule has 0 atom stereocenters. The molecule has 2 N–H and O–H groups in total. The molecule has 0 aromatic rings. The van der Waals surface area contributed by atoms with E-state index in [0.29, 0.717) is 5.92 Å². The largest absolute Gasteiger partial charge is 0.481 e. The van der Waals surface area contributed by atoms with E-state index in [4.69, 9.17) is 5.11 Å². The molecule has 88 valence electrons. The smallest absolute Gasteiger partial charge is 0.306 e. The minimum absolute atomic E-state index is 0.0764. The number of rotatable bonds is 6. The molecule has 0 aromatic carbocycles. The Balaban J connectivity index is 2.07. The summed E-state index contributed by atoms with van der Waals surface area (Å²) in [6, 6.07) is 0. The zero-order valence-corrected chi connectivity index (χ0v) is 10.2. The summed E-state index contributed by atoms with van der Waals surface area (Å²) in [5.41, 5.74) is 0. The maximum absolute atomic E-state index is 10.7. The van der Waals surface area contributed by atoms with Crippen molar-refractivity contribution >= 4 is 17.7 Å². The van der Waals surface area contributed by atoms with E-state index in [2.05, 4.69) is 11.6 Å². The van der Waals surface area contributed by atoms with Gasteiger partial charge < -0.3 is 10.4 Å². The topological polar surface area (TPSA) is 49.3 Å². The van der Waals surface area contributed by atoms with Crippen LogP contribution >= 0.6 is 11.8 Å². The van der Waals surface area contributed by atoms with Crippen LogP contribution in [-0.4, -0.2) is 36.2 Å². The first-order valence-corrected chi connectivity index (χ1v) is 7.06. The Hall–Kier alpha value is -0.220. The molecule has 1 saturated carbocycles. The second-order valence-electron chi connectivity index (χ2n) is 4.25. The van der Waals surface area contributed by atoms with E-state index < -0.39 is 5.97 Å². The molecule has 1 aliphatic rings. The maximum atomic E-state index is 10.7. The Labute approximate surface area is 96.0 Å². The predicted molar refractivity (Wildman–Crippen MR) is 64.3 cm³/mol. The van der Waals surface area contributed by atoms with Crippen molar-refractivity contribution < 1.29 is 9.90 Å². The Kier molecular flexibility index (Phi) is 6.10. The van der Waals surface area contributed by atoms with E-state index in [1.807, 2.05) is 11.8 Å². The van der Waals surface area contributed by atoms with Gasteiger partial charge in [0, 0.05) is 12.3 Å². The van der Waals surface area contributed by atoms with Gasteiger partial charge in [-0.05, 0) is 44.4 Å². The van der Waals surface area contributed by atoms with Crippen molar-refractivity contribution in [1.82, 2.24) is 5.32 Å². The Morgan fingerprint density at radius 1 is 1.40 bits per heavy atom. The van der Waals surface area contributed by atoms with Gasteiger partial charge in [0.15, 0.2) is 0 Å². The van der Waals surface area contributed by atoms with E-state index in [-0.39, 0.29) is 5.92 Å². The van der Waals surface area contributed by atoms with Crippen molar-refractivity contribution in [2.24, 2.45) is 11.8 Å².